The zero-order valence-corrected chi connectivity index (χ0v) is 14.1. The Hall–Kier alpha value is -1.75. The van der Waals surface area contributed by atoms with Crippen molar-refractivity contribution in [1.29, 1.82) is 0 Å². The molecule has 0 unspecified atom stereocenters. The number of nitrogens with zero attached hydrogens (tertiary/aromatic N) is 3. The lowest BCUT2D eigenvalue weighted by Gasteiger charge is -2.36. The van der Waals surface area contributed by atoms with E-state index >= 15 is 0 Å². The van der Waals surface area contributed by atoms with Crippen molar-refractivity contribution < 1.29 is 9.53 Å². The zero-order chi connectivity index (χ0) is 16.1. The van der Waals surface area contributed by atoms with Gasteiger partial charge < -0.3 is 14.5 Å². The average Bonchev–Trinajstić information content (AvgIpc) is 2.48. The number of benzene rings is 1. The summed E-state index contributed by atoms with van der Waals surface area (Å²) in [5, 5.41) is 0. The molecule has 1 aromatic rings. The monoisotopic (exact) mass is 305 g/mol. The van der Waals surface area contributed by atoms with E-state index in [4.69, 9.17) is 4.74 Å². The van der Waals surface area contributed by atoms with E-state index in [1.165, 1.54) is 5.56 Å². The summed E-state index contributed by atoms with van der Waals surface area (Å²) >= 11 is 0. The lowest BCUT2D eigenvalue weighted by molar-refractivity contribution is 0.119. The van der Waals surface area contributed by atoms with E-state index in [0.29, 0.717) is 0 Å². The number of ether oxygens (including phenoxy) is 1. The van der Waals surface area contributed by atoms with Crippen LogP contribution >= 0.6 is 0 Å². The van der Waals surface area contributed by atoms with Crippen LogP contribution in [0.2, 0.25) is 0 Å². The molecule has 1 aromatic carbocycles. The van der Waals surface area contributed by atoms with E-state index < -0.39 is 0 Å². The second kappa shape index (κ2) is 7.49. The van der Waals surface area contributed by atoms with Gasteiger partial charge in [0.05, 0.1) is 6.10 Å². The second-order valence-electron chi connectivity index (χ2n) is 6.21. The molecule has 1 saturated heterocycles. The fourth-order valence-corrected chi connectivity index (χ4v) is 2.62. The molecule has 0 bridgehead atoms. The summed E-state index contributed by atoms with van der Waals surface area (Å²) in [5.74, 6) is 0.962. The maximum absolute atomic E-state index is 12.0. The first-order valence-electron chi connectivity index (χ1n) is 7.90. The third-order valence-electron chi connectivity index (χ3n) is 3.75. The number of amides is 2. The van der Waals surface area contributed by atoms with Gasteiger partial charge >= 0.3 is 6.03 Å². The Kier molecular flexibility index (Phi) is 5.66. The minimum atomic E-state index is 0.100. The Morgan fingerprint density at radius 3 is 2.41 bits per heavy atom. The highest BCUT2D eigenvalue weighted by Gasteiger charge is 2.22. The molecule has 122 valence electrons. The highest BCUT2D eigenvalue weighted by molar-refractivity contribution is 5.73. The van der Waals surface area contributed by atoms with Gasteiger partial charge in [0.2, 0.25) is 0 Å². The van der Waals surface area contributed by atoms with E-state index in [9.17, 15) is 4.79 Å². The molecule has 5 heteroatoms. The molecule has 0 aromatic heterocycles. The van der Waals surface area contributed by atoms with Gasteiger partial charge in [-0.2, -0.15) is 0 Å². The van der Waals surface area contributed by atoms with Crippen molar-refractivity contribution in [2.24, 2.45) is 0 Å². The molecular formula is C17H27N3O2. The fraction of sp³-hybridized carbons (Fsp3) is 0.588. The largest absolute Gasteiger partial charge is 0.491 e. The smallest absolute Gasteiger partial charge is 0.319 e. The van der Waals surface area contributed by atoms with Crippen LogP contribution in [0.1, 0.15) is 19.4 Å². The molecule has 0 spiro atoms. The molecule has 2 amide bonds. The summed E-state index contributed by atoms with van der Waals surface area (Å²) < 4.78 is 5.88. The highest BCUT2D eigenvalue weighted by atomic mass is 16.5. The van der Waals surface area contributed by atoms with Crippen molar-refractivity contribution in [3.8, 4) is 5.75 Å². The number of carbonyl (C=O) groups is 1. The third-order valence-corrected chi connectivity index (χ3v) is 3.75. The van der Waals surface area contributed by atoms with Crippen molar-refractivity contribution in [2.75, 3.05) is 40.3 Å². The molecule has 1 aliphatic rings. The van der Waals surface area contributed by atoms with Gasteiger partial charge in [-0.05, 0) is 19.9 Å². The van der Waals surface area contributed by atoms with Crippen LogP contribution in [0.25, 0.3) is 0 Å². The SMILES string of the molecule is CC(C)Oc1ccccc1CN1CCN(C(=O)N(C)C)CC1. The van der Waals surface area contributed by atoms with Crippen LogP contribution in [-0.2, 0) is 6.54 Å². The third kappa shape index (κ3) is 4.37. The lowest BCUT2D eigenvalue weighted by atomic mass is 10.1. The molecular weight excluding hydrogens is 278 g/mol. The fourth-order valence-electron chi connectivity index (χ4n) is 2.62. The number of rotatable bonds is 4. The molecule has 1 fully saturated rings. The number of carbonyl (C=O) groups excluding carboxylic acids is 1. The first-order chi connectivity index (χ1) is 10.5. The minimum absolute atomic E-state index is 0.100. The van der Waals surface area contributed by atoms with Gasteiger partial charge in [-0.25, -0.2) is 4.79 Å². The number of hydrogen-bond donors (Lipinski definition) is 0. The first-order valence-corrected chi connectivity index (χ1v) is 7.90. The van der Waals surface area contributed by atoms with E-state index in [2.05, 4.69) is 11.0 Å². The van der Waals surface area contributed by atoms with Gasteiger partial charge in [-0.1, -0.05) is 18.2 Å². The Labute approximate surface area is 133 Å². The maximum atomic E-state index is 12.0. The van der Waals surface area contributed by atoms with Gasteiger partial charge in [-0.15, -0.1) is 0 Å². The summed E-state index contributed by atoms with van der Waals surface area (Å²) in [7, 11) is 3.60. The van der Waals surface area contributed by atoms with E-state index in [1.807, 2.05) is 36.9 Å². The number of para-hydroxylation sites is 1. The maximum Gasteiger partial charge on any atom is 0.319 e. The van der Waals surface area contributed by atoms with Gasteiger partial charge in [0, 0.05) is 52.4 Å². The van der Waals surface area contributed by atoms with Crippen LogP contribution in [0.4, 0.5) is 4.79 Å². The minimum Gasteiger partial charge on any atom is -0.491 e. The summed E-state index contributed by atoms with van der Waals surface area (Å²) in [6, 6.07) is 8.31. The predicted octanol–water partition coefficient (Wildman–Crippen LogP) is 2.27. The van der Waals surface area contributed by atoms with Gasteiger partial charge in [0.1, 0.15) is 5.75 Å². The van der Waals surface area contributed by atoms with Crippen molar-refractivity contribution in [1.82, 2.24) is 14.7 Å². The van der Waals surface area contributed by atoms with Crippen molar-refractivity contribution in [3.63, 3.8) is 0 Å². The topological polar surface area (TPSA) is 36.0 Å². The molecule has 22 heavy (non-hydrogen) atoms. The molecule has 1 aliphatic heterocycles. The van der Waals surface area contributed by atoms with E-state index in [-0.39, 0.29) is 12.1 Å². The molecule has 0 aliphatic carbocycles. The van der Waals surface area contributed by atoms with Crippen LogP contribution in [0, 0.1) is 0 Å². The molecule has 2 rings (SSSR count). The molecule has 5 nitrogen and oxygen atoms in total. The molecule has 0 saturated carbocycles. The number of piperazine rings is 1. The van der Waals surface area contributed by atoms with Crippen LogP contribution in [0.3, 0.4) is 0 Å². The Bertz CT molecular complexity index is 494. The number of urea groups is 1. The molecule has 1 heterocycles. The van der Waals surface area contributed by atoms with Crippen molar-refractivity contribution in [2.45, 2.75) is 26.5 Å². The normalized spacial score (nSPS) is 16.0. The molecule has 0 radical (unpaired) electrons. The van der Waals surface area contributed by atoms with Crippen LogP contribution in [0.5, 0.6) is 5.75 Å². The first kappa shape index (κ1) is 16.6. The standard InChI is InChI=1S/C17H27N3O2/c1-14(2)22-16-8-6-5-7-15(16)13-19-9-11-20(12-10-19)17(21)18(3)4/h5-8,14H,9-13H2,1-4H3. The van der Waals surface area contributed by atoms with E-state index in [1.54, 1.807) is 19.0 Å². The van der Waals surface area contributed by atoms with Gasteiger partial charge in [0.15, 0.2) is 0 Å². The van der Waals surface area contributed by atoms with Crippen LogP contribution in [0.15, 0.2) is 24.3 Å². The summed E-state index contributed by atoms with van der Waals surface area (Å²) in [5.41, 5.74) is 1.21. The quantitative estimate of drug-likeness (QED) is 0.856. The van der Waals surface area contributed by atoms with Crippen molar-refractivity contribution in [3.05, 3.63) is 29.8 Å². The zero-order valence-electron chi connectivity index (χ0n) is 14.1. The average molecular weight is 305 g/mol. The predicted molar refractivity (Wildman–Crippen MR) is 88.1 cm³/mol. The highest BCUT2D eigenvalue weighted by Crippen LogP contribution is 2.21. The van der Waals surface area contributed by atoms with Crippen molar-refractivity contribution >= 4 is 6.03 Å². The summed E-state index contributed by atoms with van der Waals surface area (Å²) in [6.07, 6.45) is 0.177. The van der Waals surface area contributed by atoms with Gasteiger partial charge in [-0.3, -0.25) is 4.90 Å². The van der Waals surface area contributed by atoms with E-state index in [0.717, 1.165) is 38.5 Å². The van der Waals surface area contributed by atoms with Gasteiger partial charge in [0.25, 0.3) is 0 Å². The second-order valence-corrected chi connectivity index (χ2v) is 6.21. The Morgan fingerprint density at radius 2 is 1.82 bits per heavy atom. The molecule has 0 atom stereocenters. The lowest BCUT2D eigenvalue weighted by Crippen LogP contribution is -2.51. The van der Waals surface area contributed by atoms with Crippen LogP contribution < -0.4 is 4.74 Å². The Balaban J connectivity index is 1.92. The summed E-state index contributed by atoms with van der Waals surface area (Å²) in [4.78, 5) is 17.9. The summed E-state index contributed by atoms with van der Waals surface area (Å²) in [6.45, 7) is 8.32. The number of hydrogen-bond acceptors (Lipinski definition) is 3. The Morgan fingerprint density at radius 1 is 1.18 bits per heavy atom. The van der Waals surface area contributed by atoms with Crippen LogP contribution in [-0.4, -0.2) is 67.1 Å². The molecule has 0 N–H and O–H groups in total.